The van der Waals surface area contributed by atoms with Crippen LogP contribution in [0.25, 0.3) is 0 Å². The van der Waals surface area contributed by atoms with E-state index in [2.05, 4.69) is 18.7 Å². The molecule has 3 N–H and O–H groups in total. The van der Waals surface area contributed by atoms with Crippen LogP contribution in [-0.2, 0) is 11.3 Å². The van der Waals surface area contributed by atoms with E-state index in [1.165, 1.54) is 0 Å². The highest BCUT2D eigenvalue weighted by Gasteiger charge is 2.14. The molecule has 1 atom stereocenters. The fourth-order valence-corrected chi connectivity index (χ4v) is 2.21. The Kier molecular flexibility index (Phi) is 7.19. The molecule has 5 heteroatoms. The molecule has 0 heterocycles. The van der Waals surface area contributed by atoms with Crippen LogP contribution in [-0.4, -0.2) is 44.1 Å². The number of ether oxygens (including phenoxy) is 2. The summed E-state index contributed by atoms with van der Waals surface area (Å²) in [6.07, 6.45) is 1.09. The Morgan fingerprint density at radius 1 is 1.38 bits per heavy atom. The molecule has 0 saturated carbocycles. The lowest BCUT2D eigenvalue weighted by atomic mass is 10.1. The first-order chi connectivity index (χ1) is 10.0. The molecule has 1 aromatic rings. The van der Waals surface area contributed by atoms with Crippen LogP contribution >= 0.6 is 0 Å². The summed E-state index contributed by atoms with van der Waals surface area (Å²) in [6, 6.07) is 6.29. The van der Waals surface area contributed by atoms with Gasteiger partial charge in [-0.1, -0.05) is 13.0 Å². The average Bonchev–Trinajstić information content (AvgIpc) is 2.50. The van der Waals surface area contributed by atoms with E-state index < -0.39 is 0 Å². The van der Waals surface area contributed by atoms with E-state index in [1.54, 1.807) is 14.2 Å². The van der Waals surface area contributed by atoms with Gasteiger partial charge < -0.3 is 15.2 Å². The molecule has 0 radical (unpaired) electrons. The fourth-order valence-electron chi connectivity index (χ4n) is 2.21. The summed E-state index contributed by atoms with van der Waals surface area (Å²) in [5.74, 6) is 0.674. The fraction of sp³-hybridized carbons (Fsp3) is 0.562. The van der Waals surface area contributed by atoms with Crippen molar-refractivity contribution < 1.29 is 9.47 Å². The van der Waals surface area contributed by atoms with Crippen LogP contribution in [0.15, 0.2) is 18.2 Å². The van der Waals surface area contributed by atoms with E-state index in [0.717, 1.165) is 25.1 Å². The topological polar surface area (TPSA) is 71.6 Å². The number of rotatable bonds is 9. The molecule has 0 bridgehead atoms. The van der Waals surface area contributed by atoms with Gasteiger partial charge in [0.25, 0.3) is 0 Å². The Morgan fingerprint density at radius 3 is 2.62 bits per heavy atom. The molecule has 0 spiro atoms. The molecule has 5 nitrogen and oxygen atoms in total. The molecule has 1 unspecified atom stereocenters. The van der Waals surface area contributed by atoms with Crippen LogP contribution in [0.5, 0.6) is 5.75 Å². The second-order valence-corrected chi connectivity index (χ2v) is 5.17. The molecule has 0 aliphatic heterocycles. The largest absolute Gasteiger partial charge is 0.496 e. The van der Waals surface area contributed by atoms with Crippen LogP contribution < -0.4 is 10.5 Å². The number of nitrogens with two attached hydrogens (primary N) is 1. The molecule has 1 rings (SSSR count). The third kappa shape index (κ3) is 5.02. The number of hydrogen-bond donors (Lipinski definition) is 2. The Balaban J connectivity index is 2.90. The van der Waals surface area contributed by atoms with Gasteiger partial charge in [-0.25, -0.2) is 0 Å². The number of nitrogen functional groups attached to an aromatic ring is 1. The smallest absolute Gasteiger partial charge is 0.130 e. The van der Waals surface area contributed by atoms with E-state index >= 15 is 0 Å². The SMILES string of the molecule is CCC(C)N(CCOC)Cc1ccc(C(=N)N)c(OC)c1. The molecule has 0 aliphatic carbocycles. The molecule has 0 aromatic heterocycles. The maximum Gasteiger partial charge on any atom is 0.130 e. The molecule has 0 saturated heterocycles. The minimum absolute atomic E-state index is 0.0246. The highest BCUT2D eigenvalue weighted by Crippen LogP contribution is 2.21. The van der Waals surface area contributed by atoms with Gasteiger partial charge in [-0.15, -0.1) is 0 Å². The summed E-state index contributed by atoms with van der Waals surface area (Å²) in [5.41, 5.74) is 7.33. The van der Waals surface area contributed by atoms with Gasteiger partial charge in [0.05, 0.1) is 19.3 Å². The van der Waals surface area contributed by atoms with Crippen LogP contribution in [0.3, 0.4) is 0 Å². The van der Waals surface area contributed by atoms with Crippen LogP contribution in [0.1, 0.15) is 31.4 Å². The van der Waals surface area contributed by atoms with Crippen molar-refractivity contribution in [3.05, 3.63) is 29.3 Å². The lowest BCUT2D eigenvalue weighted by molar-refractivity contribution is 0.118. The van der Waals surface area contributed by atoms with Crippen LogP contribution in [0.4, 0.5) is 0 Å². The Bertz CT molecular complexity index is 463. The monoisotopic (exact) mass is 293 g/mol. The number of methoxy groups -OCH3 is 2. The highest BCUT2D eigenvalue weighted by atomic mass is 16.5. The average molecular weight is 293 g/mol. The van der Waals surface area contributed by atoms with Crippen molar-refractivity contribution in [2.45, 2.75) is 32.9 Å². The van der Waals surface area contributed by atoms with Crippen molar-refractivity contribution in [3.8, 4) is 5.75 Å². The first-order valence-electron chi connectivity index (χ1n) is 7.27. The molecule has 0 amide bonds. The third-order valence-electron chi connectivity index (χ3n) is 3.74. The number of benzene rings is 1. The van der Waals surface area contributed by atoms with E-state index in [9.17, 15) is 0 Å². The van der Waals surface area contributed by atoms with Gasteiger partial charge in [-0.3, -0.25) is 10.3 Å². The van der Waals surface area contributed by atoms with Gasteiger partial charge >= 0.3 is 0 Å². The van der Waals surface area contributed by atoms with Gasteiger partial charge in [-0.2, -0.15) is 0 Å². The van der Waals surface area contributed by atoms with Crippen molar-refractivity contribution in [3.63, 3.8) is 0 Å². The number of nitrogens with zero attached hydrogens (tertiary/aromatic N) is 1. The summed E-state index contributed by atoms with van der Waals surface area (Å²) < 4.78 is 10.5. The first kappa shape index (κ1) is 17.5. The maximum atomic E-state index is 7.55. The summed E-state index contributed by atoms with van der Waals surface area (Å²) in [7, 11) is 3.32. The zero-order valence-corrected chi connectivity index (χ0v) is 13.5. The van der Waals surface area contributed by atoms with Gasteiger partial charge in [0, 0.05) is 26.2 Å². The predicted molar refractivity (Wildman–Crippen MR) is 86.0 cm³/mol. The second kappa shape index (κ2) is 8.64. The summed E-state index contributed by atoms with van der Waals surface area (Å²) in [5, 5.41) is 7.55. The zero-order chi connectivity index (χ0) is 15.8. The highest BCUT2D eigenvalue weighted by molar-refractivity contribution is 5.97. The van der Waals surface area contributed by atoms with Gasteiger partial charge in [0.15, 0.2) is 0 Å². The van der Waals surface area contributed by atoms with Crippen LogP contribution in [0.2, 0.25) is 0 Å². The summed E-state index contributed by atoms with van der Waals surface area (Å²) >= 11 is 0. The van der Waals surface area contributed by atoms with Crippen molar-refractivity contribution in [2.75, 3.05) is 27.4 Å². The number of hydrogen-bond acceptors (Lipinski definition) is 4. The normalized spacial score (nSPS) is 12.4. The Hall–Kier alpha value is -1.59. The second-order valence-electron chi connectivity index (χ2n) is 5.17. The predicted octanol–water partition coefficient (Wildman–Crippen LogP) is 2.23. The quantitative estimate of drug-likeness (QED) is 0.541. The lowest BCUT2D eigenvalue weighted by Gasteiger charge is -2.28. The minimum Gasteiger partial charge on any atom is -0.496 e. The van der Waals surface area contributed by atoms with Crippen molar-refractivity contribution in [1.29, 1.82) is 5.41 Å². The third-order valence-corrected chi connectivity index (χ3v) is 3.74. The summed E-state index contributed by atoms with van der Waals surface area (Å²) in [4.78, 5) is 2.38. The summed E-state index contributed by atoms with van der Waals surface area (Å²) in [6.45, 7) is 6.84. The molecule has 0 aliphatic rings. The van der Waals surface area contributed by atoms with Gasteiger partial charge in [0.1, 0.15) is 11.6 Å². The van der Waals surface area contributed by atoms with Crippen molar-refractivity contribution >= 4 is 5.84 Å². The van der Waals surface area contributed by atoms with E-state index in [1.807, 2.05) is 18.2 Å². The molecule has 0 fully saturated rings. The maximum absolute atomic E-state index is 7.55. The number of amidine groups is 1. The molecular formula is C16H27N3O2. The van der Waals surface area contributed by atoms with E-state index in [0.29, 0.717) is 24.0 Å². The number of nitrogens with one attached hydrogen (secondary N) is 1. The molecular weight excluding hydrogens is 266 g/mol. The molecule has 21 heavy (non-hydrogen) atoms. The van der Waals surface area contributed by atoms with Crippen molar-refractivity contribution in [2.24, 2.45) is 5.73 Å². The van der Waals surface area contributed by atoms with E-state index in [-0.39, 0.29) is 5.84 Å². The van der Waals surface area contributed by atoms with E-state index in [4.69, 9.17) is 20.6 Å². The van der Waals surface area contributed by atoms with Crippen LogP contribution in [0, 0.1) is 5.41 Å². The standard InChI is InChI=1S/C16H27N3O2/c1-5-12(2)19(8-9-20-3)11-13-6-7-14(16(17)18)15(10-13)21-4/h6-7,10,12H,5,8-9,11H2,1-4H3,(H3,17,18). The minimum atomic E-state index is 0.0246. The van der Waals surface area contributed by atoms with Crippen molar-refractivity contribution in [1.82, 2.24) is 4.90 Å². The van der Waals surface area contributed by atoms with Gasteiger partial charge in [-0.05, 0) is 31.0 Å². The first-order valence-corrected chi connectivity index (χ1v) is 7.27. The Labute approximate surface area is 127 Å². The Morgan fingerprint density at radius 2 is 2.10 bits per heavy atom. The van der Waals surface area contributed by atoms with Gasteiger partial charge in [0.2, 0.25) is 0 Å². The molecule has 118 valence electrons. The molecule has 1 aromatic carbocycles. The lowest BCUT2D eigenvalue weighted by Crippen LogP contribution is -2.34. The zero-order valence-electron chi connectivity index (χ0n) is 13.5.